The maximum Gasteiger partial charge on any atom is 0.300 e. The number of benzene rings is 3. The van der Waals surface area contributed by atoms with E-state index in [0.29, 0.717) is 11.3 Å². The molecule has 0 saturated carbocycles. The first kappa shape index (κ1) is 20.9. The fraction of sp³-hybridized carbons (Fsp3) is 0.120. The number of carbonyl (C=O) groups excluding carboxylic acids is 2. The molecule has 1 aliphatic rings. The third kappa shape index (κ3) is 3.86. The molecular formula is C25H21BrN2O3. The second-order valence-electron chi connectivity index (χ2n) is 7.50. The summed E-state index contributed by atoms with van der Waals surface area (Å²) in [6.07, 6.45) is 0. The quantitative estimate of drug-likeness (QED) is 0.321. The summed E-state index contributed by atoms with van der Waals surface area (Å²) in [4.78, 5) is 29.7. The van der Waals surface area contributed by atoms with Crippen molar-refractivity contribution in [3.63, 3.8) is 0 Å². The Hall–Kier alpha value is -3.38. The number of anilines is 2. The van der Waals surface area contributed by atoms with Crippen LogP contribution in [0.25, 0.3) is 5.76 Å². The van der Waals surface area contributed by atoms with Crippen molar-refractivity contribution in [2.24, 2.45) is 0 Å². The van der Waals surface area contributed by atoms with Crippen molar-refractivity contribution in [1.29, 1.82) is 0 Å². The number of rotatable bonds is 4. The molecule has 0 radical (unpaired) electrons. The highest BCUT2D eigenvalue weighted by Gasteiger charge is 2.46. The molecule has 31 heavy (non-hydrogen) atoms. The Morgan fingerprint density at radius 3 is 2.10 bits per heavy atom. The highest BCUT2D eigenvalue weighted by Crippen LogP contribution is 2.42. The van der Waals surface area contributed by atoms with E-state index in [9.17, 15) is 14.7 Å². The highest BCUT2D eigenvalue weighted by atomic mass is 79.9. The molecule has 0 aliphatic carbocycles. The van der Waals surface area contributed by atoms with Gasteiger partial charge in [0.15, 0.2) is 0 Å². The van der Waals surface area contributed by atoms with Crippen molar-refractivity contribution >= 4 is 44.8 Å². The Balaban J connectivity index is 1.90. The van der Waals surface area contributed by atoms with E-state index in [0.717, 1.165) is 15.7 Å². The molecule has 0 unspecified atom stereocenters. The minimum atomic E-state index is -0.737. The maximum atomic E-state index is 13.1. The van der Waals surface area contributed by atoms with E-state index in [-0.39, 0.29) is 11.3 Å². The Bertz CT molecular complexity index is 1150. The largest absolute Gasteiger partial charge is 0.507 e. The van der Waals surface area contributed by atoms with Gasteiger partial charge in [0.2, 0.25) is 0 Å². The minimum absolute atomic E-state index is 0.0789. The number of aliphatic hydroxyl groups excluding tert-OH is 1. The zero-order chi connectivity index (χ0) is 22.1. The minimum Gasteiger partial charge on any atom is -0.507 e. The van der Waals surface area contributed by atoms with E-state index in [1.54, 1.807) is 24.3 Å². The van der Waals surface area contributed by atoms with Gasteiger partial charge in [0.05, 0.1) is 11.6 Å². The Kier molecular flexibility index (Phi) is 5.65. The molecule has 1 N–H and O–H groups in total. The predicted molar refractivity (Wildman–Crippen MR) is 126 cm³/mol. The van der Waals surface area contributed by atoms with Crippen LogP contribution < -0.4 is 9.80 Å². The van der Waals surface area contributed by atoms with Crippen LogP contribution in [-0.2, 0) is 9.59 Å². The fourth-order valence-electron chi connectivity index (χ4n) is 3.72. The molecule has 0 spiro atoms. The van der Waals surface area contributed by atoms with Gasteiger partial charge in [-0.3, -0.25) is 14.5 Å². The summed E-state index contributed by atoms with van der Waals surface area (Å²) in [6.45, 7) is 0. The number of ketones is 1. The lowest BCUT2D eigenvalue weighted by Gasteiger charge is -2.26. The number of Topliss-reactive ketones (excluding diaryl/α,β-unsaturated/α-hetero) is 1. The number of hydrogen-bond donors (Lipinski definition) is 1. The number of nitrogens with zero attached hydrogens (tertiary/aromatic N) is 2. The van der Waals surface area contributed by atoms with Gasteiger partial charge in [-0.05, 0) is 42.0 Å². The van der Waals surface area contributed by atoms with Crippen molar-refractivity contribution in [3.8, 4) is 0 Å². The topological polar surface area (TPSA) is 60.9 Å². The van der Waals surface area contributed by atoms with Crippen LogP contribution in [0.2, 0.25) is 0 Å². The Morgan fingerprint density at radius 1 is 0.903 bits per heavy atom. The van der Waals surface area contributed by atoms with E-state index < -0.39 is 17.7 Å². The van der Waals surface area contributed by atoms with Gasteiger partial charge in [-0.1, -0.05) is 58.4 Å². The maximum absolute atomic E-state index is 13.1. The molecule has 5 nitrogen and oxygen atoms in total. The van der Waals surface area contributed by atoms with E-state index in [1.165, 1.54) is 4.90 Å². The average molecular weight is 477 g/mol. The summed E-state index contributed by atoms with van der Waals surface area (Å²) >= 11 is 3.43. The summed E-state index contributed by atoms with van der Waals surface area (Å²) in [5.74, 6) is -1.55. The van der Waals surface area contributed by atoms with Crippen LogP contribution in [0, 0.1) is 0 Å². The second-order valence-corrected chi connectivity index (χ2v) is 8.41. The first-order valence-electron chi connectivity index (χ1n) is 9.78. The zero-order valence-electron chi connectivity index (χ0n) is 17.1. The zero-order valence-corrected chi connectivity index (χ0v) is 18.7. The summed E-state index contributed by atoms with van der Waals surface area (Å²) in [6, 6.07) is 22.9. The summed E-state index contributed by atoms with van der Waals surface area (Å²) in [5, 5.41) is 11.0. The summed E-state index contributed by atoms with van der Waals surface area (Å²) < 4.78 is 0.881. The molecule has 1 fully saturated rings. The standard InChI is InChI=1S/C25H21BrN2O3/c1-27(2)19-12-14-20(15-13-19)28-22(16-8-10-18(26)11-9-16)21(24(30)25(28)31)23(29)17-6-4-3-5-7-17/h3-15,22,29H,1-2H3/t22-/m1/s1. The van der Waals surface area contributed by atoms with Crippen LogP contribution >= 0.6 is 15.9 Å². The number of hydrogen-bond acceptors (Lipinski definition) is 4. The molecule has 1 amide bonds. The molecule has 1 atom stereocenters. The molecule has 3 aromatic rings. The lowest BCUT2D eigenvalue weighted by molar-refractivity contribution is -0.132. The predicted octanol–water partition coefficient (Wildman–Crippen LogP) is 5.14. The Labute approximate surface area is 189 Å². The molecule has 1 saturated heterocycles. The Morgan fingerprint density at radius 2 is 1.52 bits per heavy atom. The van der Waals surface area contributed by atoms with Gasteiger partial charge in [0.25, 0.3) is 11.7 Å². The molecule has 0 aromatic heterocycles. The van der Waals surface area contributed by atoms with E-state index in [4.69, 9.17) is 0 Å². The molecule has 0 bridgehead atoms. The van der Waals surface area contributed by atoms with Crippen LogP contribution in [-0.4, -0.2) is 30.9 Å². The van der Waals surface area contributed by atoms with Gasteiger partial charge < -0.3 is 10.0 Å². The molecule has 1 heterocycles. The lowest BCUT2D eigenvalue weighted by Crippen LogP contribution is -2.29. The number of carbonyl (C=O) groups is 2. The lowest BCUT2D eigenvalue weighted by atomic mass is 9.95. The monoisotopic (exact) mass is 476 g/mol. The fourth-order valence-corrected chi connectivity index (χ4v) is 3.99. The summed E-state index contributed by atoms with van der Waals surface area (Å²) in [5.41, 5.74) is 2.87. The SMILES string of the molecule is CN(C)c1ccc(N2C(=O)C(=O)C(=C(O)c3ccccc3)[C@H]2c2ccc(Br)cc2)cc1. The van der Waals surface area contributed by atoms with Crippen molar-refractivity contribution in [2.75, 3.05) is 23.9 Å². The first-order valence-corrected chi connectivity index (χ1v) is 10.6. The van der Waals surface area contributed by atoms with Gasteiger partial charge in [-0.25, -0.2) is 0 Å². The molecule has 6 heteroatoms. The third-order valence-corrected chi connectivity index (χ3v) is 5.85. The molecular weight excluding hydrogens is 456 g/mol. The van der Waals surface area contributed by atoms with Gasteiger partial charge in [-0.2, -0.15) is 0 Å². The molecule has 3 aromatic carbocycles. The molecule has 1 aliphatic heterocycles. The van der Waals surface area contributed by atoms with Gasteiger partial charge in [0, 0.05) is 35.5 Å². The number of halogens is 1. The first-order chi connectivity index (χ1) is 14.9. The third-order valence-electron chi connectivity index (χ3n) is 5.32. The normalized spacial score (nSPS) is 17.8. The van der Waals surface area contributed by atoms with Crippen molar-refractivity contribution in [1.82, 2.24) is 0 Å². The van der Waals surface area contributed by atoms with E-state index in [1.807, 2.05) is 73.6 Å². The molecule has 4 rings (SSSR count). The van der Waals surface area contributed by atoms with Crippen molar-refractivity contribution in [3.05, 3.63) is 100 Å². The van der Waals surface area contributed by atoms with Gasteiger partial charge in [0.1, 0.15) is 5.76 Å². The van der Waals surface area contributed by atoms with E-state index in [2.05, 4.69) is 15.9 Å². The summed E-state index contributed by atoms with van der Waals surface area (Å²) in [7, 11) is 3.87. The number of amides is 1. The van der Waals surface area contributed by atoms with Crippen LogP contribution in [0.15, 0.2) is 88.9 Å². The number of aliphatic hydroxyl groups is 1. The van der Waals surface area contributed by atoms with Crippen molar-refractivity contribution in [2.45, 2.75) is 6.04 Å². The van der Waals surface area contributed by atoms with Crippen LogP contribution in [0.5, 0.6) is 0 Å². The van der Waals surface area contributed by atoms with Crippen LogP contribution in [0.4, 0.5) is 11.4 Å². The van der Waals surface area contributed by atoms with Crippen LogP contribution in [0.3, 0.4) is 0 Å². The van der Waals surface area contributed by atoms with Crippen molar-refractivity contribution < 1.29 is 14.7 Å². The molecule has 156 valence electrons. The second kappa shape index (κ2) is 8.40. The van der Waals surface area contributed by atoms with Gasteiger partial charge in [-0.15, -0.1) is 0 Å². The average Bonchev–Trinajstić information content (AvgIpc) is 3.05. The van der Waals surface area contributed by atoms with Gasteiger partial charge >= 0.3 is 0 Å². The van der Waals surface area contributed by atoms with Crippen LogP contribution in [0.1, 0.15) is 17.2 Å². The van der Waals surface area contributed by atoms with E-state index >= 15 is 0 Å². The highest BCUT2D eigenvalue weighted by molar-refractivity contribution is 9.10. The smallest absolute Gasteiger partial charge is 0.300 e.